The maximum atomic E-state index is 13.2. The molecule has 7 nitrogen and oxygen atoms in total. The Morgan fingerprint density at radius 3 is 2.75 bits per heavy atom. The molecule has 4 rings (SSSR count). The van der Waals surface area contributed by atoms with Gasteiger partial charge in [-0.2, -0.15) is 0 Å². The fourth-order valence-corrected chi connectivity index (χ4v) is 5.20. The number of aryl methyl sites for hydroxylation is 1. The van der Waals surface area contributed by atoms with Crippen molar-refractivity contribution in [1.29, 1.82) is 0 Å². The molecular formula is C20H19NO6S. The van der Waals surface area contributed by atoms with Gasteiger partial charge in [0, 0.05) is 12.1 Å². The largest absolute Gasteiger partial charge is 0.467 e. The van der Waals surface area contributed by atoms with Crippen molar-refractivity contribution in [3.8, 4) is 0 Å². The number of benzene rings is 1. The highest BCUT2D eigenvalue weighted by Crippen LogP contribution is 2.23. The summed E-state index contributed by atoms with van der Waals surface area (Å²) in [5, 5.41) is 0.392. The summed E-state index contributed by atoms with van der Waals surface area (Å²) in [5.74, 6) is -0.203. The van der Waals surface area contributed by atoms with E-state index in [1.54, 1.807) is 30.3 Å². The van der Waals surface area contributed by atoms with E-state index in [1.807, 2.05) is 6.92 Å². The van der Waals surface area contributed by atoms with Crippen molar-refractivity contribution in [3.05, 3.63) is 70.0 Å². The molecule has 0 radical (unpaired) electrons. The van der Waals surface area contributed by atoms with Gasteiger partial charge in [0.2, 0.25) is 0 Å². The molecule has 146 valence electrons. The average molecular weight is 401 g/mol. The first-order valence-electron chi connectivity index (χ1n) is 8.91. The normalized spacial score (nSPS) is 18.4. The molecule has 0 saturated carbocycles. The van der Waals surface area contributed by atoms with Gasteiger partial charge in [0.05, 0.1) is 29.7 Å². The number of sulfone groups is 1. The zero-order chi connectivity index (χ0) is 19.9. The predicted molar refractivity (Wildman–Crippen MR) is 103 cm³/mol. The van der Waals surface area contributed by atoms with Gasteiger partial charge in [-0.1, -0.05) is 6.07 Å². The fraction of sp³-hybridized carbons (Fsp3) is 0.300. The molecule has 1 aliphatic rings. The van der Waals surface area contributed by atoms with Gasteiger partial charge < -0.3 is 13.7 Å². The molecule has 3 aromatic rings. The molecular weight excluding hydrogens is 382 g/mol. The highest BCUT2D eigenvalue weighted by Gasteiger charge is 2.36. The number of fused-ring (bicyclic) bond motifs is 1. The summed E-state index contributed by atoms with van der Waals surface area (Å²) in [6.45, 7) is 1.96. The Bertz CT molecular complexity index is 1190. The van der Waals surface area contributed by atoms with Gasteiger partial charge in [0.25, 0.3) is 5.91 Å². The number of rotatable bonds is 4. The molecule has 2 aromatic heterocycles. The number of carbonyl (C=O) groups is 1. The van der Waals surface area contributed by atoms with Crippen molar-refractivity contribution in [2.45, 2.75) is 25.9 Å². The summed E-state index contributed by atoms with van der Waals surface area (Å²) in [6.07, 6.45) is 1.83. The number of nitrogens with zero attached hydrogens (tertiary/aromatic N) is 1. The third kappa shape index (κ3) is 3.60. The standard InChI is InChI=1S/C20H19NO6S/c1-13-4-5-16-17(22)10-19(27-18(16)9-13)20(23)21(11-15-3-2-7-26-15)14-6-8-28(24,25)12-14/h2-5,7,9-10,14H,6,8,11-12H2,1H3. The topological polar surface area (TPSA) is 97.8 Å². The van der Waals surface area contributed by atoms with Crippen LogP contribution in [-0.4, -0.2) is 36.8 Å². The number of furan rings is 1. The Morgan fingerprint density at radius 2 is 2.07 bits per heavy atom. The SMILES string of the molecule is Cc1ccc2c(=O)cc(C(=O)N(Cc3ccco3)C3CCS(=O)(=O)C3)oc2c1. The summed E-state index contributed by atoms with van der Waals surface area (Å²) < 4.78 is 34.9. The molecule has 28 heavy (non-hydrogen) atoms. The summed E-state index contributed by atoms with van der Waals surface area (Å²) >= 11 is 0. The molecule has 1 atom stereocenters. The van der Waals surface area contributed by atoms with Crippen molar-refractivity contribution in [2.75, 3.05) is 11.5 Å². The van der Waals surface area contributed by atoms with Gasteiger partial charge in [-0.25, -0.2) is 8.42 Å². The minimum absolute atomic E-state index is 0.0282. The molecule has 1 saturated heterocycles. The Hall–Kier alpha value is -2.87. The number of hydrogen-bond donors (Lipinski definition) is 0. The second-order valence-corrected chi connectivity index (χ2v) is 9.27. The van der Waals surface area contributed by atoms with Gasteiger partial charge in [0.15, 0.2) is 21.0 Å². The van der Waals surface area contributed by atoms with E-state index < -0.39 is 21.8 Å². The number of amides is 1. The first-order chi connectivity index (χ1) is 13.3. The fourth-order valence-electron chi connectivity index (χ4n) is 3.47. The number of hydrogen-bond acceptors (Lipinski definition) is 6. The van der Waals surface area contributed by atoms with E-state index in [4.69, 9.17) is 8.83 Å². The molecule has 0 aliphatic carbocycles. The van der Waals surface area contributed by atoms with Crippen molar-refractivity contribution >= 4 is 26.7 Å². The van der Waals surface area contributed by atoms with Gasteiger partial charge in [-0.15, -0.1) is 0 Å². The summed E-state index contributed by atoms with van der Waals surface area (Å²) in [4.78, 5) is 27.1. The van der Waals surface area contributed by atoms with E-state index in [0.717, 1.165) is 5.56 Å². The van der Waals surface area contributed by atoms with E-state index in [-0.39, 0.29) is 29.2 Å². The zero-order valence-electron chi connectivity index (χ0n) is 15.3. The molecule has 1 aromatic carbocycles. The lowest BCUT2D eigenvalue weighted by molar-refractivity contribution is 0.0634. The quantitative estimate of drug-likeness (QED) is 0.666. The summed E-state index contributed by atoms with van der Waals surface area (Å²) in [7, 11) is -3.20. The molecule has 0 N–H and O–H groups in total. The van der Waals surface area contributed by atoms with Crippen LogP contribution in [0, 0.1) is 6.92 Å². The van der Waals surface area contributed by atoms with Crippen LogP contribution in [0.15, 0.2) is 56.3 Å². The van der Waals surface area contributed by atoms with E-state index in [0.29, 0.717) is 23.2 Å². The maximum absolute atomic E-state index is 13.2. The second-order valence-electron chi connectivity index (χ2n) is 7.04. The minimum atomic E-state index is -3.20. The van der Waals surface area contributed by atoms with E-state index in [2.05, 4.69) is 0 Å². The van der Waals surface area contributed by atoms with Crippen LogP contribution in [0.3, 0.4) is 0 Å². The zero-order valence-corrected chi connectivity index (χ0v) is 16.1. The van der Waals surface area contributed by atoms with Crippen molar-refractivity contribution in [2.24, 2.45) is 0 Å². The van der Waals surface area contributed by atoms with Crippen LogP contribution in [0.5, 0.6) is 0 Å². The van der Waals surface area contributed by atoms with Crippen molar-refractivity contribution in [1.82, 2.24) is 4.90 Å². The molecule has 0 spiro atoms. The lowest BCUT2D eigenvalue weighted by Gasteiger charge is -2.26. The van der Waals surface area contributed by atoms with Gasteiger partial charge in [-0.05, 0) is 43.2 Å². The van der Waals surface area contributed by atoms with Gasteiger partial charge >= 0.3 is 0 Å². The maximum Gasteiger partial charge on any atom is 0.290 e. The molecule has 3 heterocycles. The molecule has 1 amide bonds. The van der Waals surface area contributed by atoms with Crippen LogP contribution >= 0.6 is 0 Å². The van der Waals surface area contributed by atoms with Gasteiger partial charge in [0.1, 0.15) is 11.3 Å². The highest BCUT2D eigenvalue weighted by molar-refractivity contribution is 7.91. The summed E-state index contributed by atoms with van der Waals surface area (Å²) in [5.41, 5.74) is 0.906. The Balaban J connectivity index is 1.74. The number of carbonyl (C=O) groups excluding carboxylic acids is 1. The summed E-state index contributed by atoms with van der Waals surface area (Å²) in [6, 6.07) is 9.23. The molecule has 1 unspecified atom stereocenters. The van der Waals surface area contributed by atoms with Gasteiger partial charge in [-0.3, -0.25) is 9.59 Å². The monoisotopic (exact) mass is 401 g/mol. The smallest absolute Gasteiger partial charge is 0.290 e. The Kier molecular flexibility index (Phi) is 4.58. The van der Waals surface area contributed by atoms with Crippen LogP contribution in [0.4, 0.5) is 0 Å². The first-order valence-corrected chi connectivity index (χ1v) is 10.7. The van der Waals surface area contributed by atoms with Crippen LogP contribution < -0.4 is 5.43 Å². The molecule has 0 bridgehead atoms. The van der Waals surface area contributed by atoms with E-state index >= 15 is 0 Å². The van der Waals surface area contributed by atoms with Crippen molar-refractivity contribution in [3.63, 3.8) is 0 Å². The van der Waals surface area contributed by atoms with Crippen LogP contribution in [0.25, 0.3) is 11.0 Å². The molecule has 8 heteroatoms. The lowest BCUT2D eigenvalue weighted by Crippen LogP contribution is -2.40. The third-order valence-corrected chi connectivity index (χ3v) is 6.66. The van der Waals surface area contributed by atoms with E-state index in [9.17, 15) is 18.0 Å². The van der Waals surface area contributed by atoms with Crippen LogP contribution in [0.1, 0.15) is 28.3 Å². The lowest BCUT2D eigenvalue weighted by atomic mass is 10.1. The highest BCUT2D eigenvalue weighted by atomic mass is 32.2. The van der Waals surface area contributed by atoms with Crippen molar-refractivity contribution < 1.29 is 22.0 Å². The molecule has 1 aliphatic heterocycles. The van der Waals surface area contributed by atoms with E-state index in [1.165, 1.54) is 17.2 Å². The third-order valence-electron chi connectivity index (χ3n) is 4.91. The van der Waals surface area contributed by atoms with Crippen LogP contribution in [0.2, 0.25) is 0 Å². The van der Waals surface area contributed by atoms with Crippen LogP contribution in [-0.2, 0) is 16.4 Å². The molecule has 1 fully saturated rings. The average Bonchev–Trinajstić information content (AvgIpc) is 3.27. The second kappa shape index (κ2) is 6.94. The Morgan fingerprint density at radius 1 is 1.25 bits per heavy atom. The predicted octanol–water partition coefficient (Wildman–Crippen LogP) is 2.52. The minimum Gasteiger partial charge on any atom is -0.467 e. The first kappa shape index (κ1) is 18.5. The Labute approximate surface area is 161 Å².